The van der Waals surface area contributed by atoms with Crippen molar-refractivity contribution < 1.29 is 4.74 Å². The zero-order valence-corrected chi connectivity index (χ0v) is 13.7. The molecule has 0 amide bonds. The van der Waals surface area contributed by atoms with Gasteiger partial charge in [-0.05, 0) is 48.9 Å². The van der Waals surface area contributed by atoms with Gasteiger partial charge in [-0.2, -0.15) is 0 Å². The zero-order chi connectivity index (χ0) is 15.5. The summed E-state index contributed by atoms with van der Waals surface area (Å²) in [5.74, 6) is 1.67. The number of aryl methyl sites for hydroxylation is 2. The minimum absolute atomic E-state index is 0.345. The number of nitrogens with one attached hydrogen (secondary N) is 1. The van der Waals surface area contributed by atoms with Crippen molar-refractivity contribution in [2.24, 2.45) is 0 Å². The summed E-state index contributed by atoms with van der Waals surface area (Å²) >= 11 is 6.36. The predicted octanol–water partition coefficient (Wildman–Crippen LogP) is 3.67. The number of anilines is 1. The van der Waals surface area contributed by atoms with Crippen LogP contribution in [0.2, 0.25) is 5.02 Å². The first-order valence-electron chi connectivity index (χ1n) is 7.63. The van der Waals surface area contributed by atoms with Gasteiger partial charge in [0, 0.05) is 6.04 Å². The lowest BCUT2D eigenvalue weighted by molar-refractivity contribution is 0.413. The van der Waals surface area contributed by atoms with E-state index in [1.807, 2.05) is 13.0 Å². The van der Waals surface area contributed by atoms with Crippen LogP contribution in [0.15, 0.2) is 24.5 Å². The molecule has 1 N–H and O–H groups in total. The van der Waals surface area contributed by atoms with Crippen LogP contribution >= 0.6 is 11.6 Å². The van der Waals surface area contributed by atoms with E-state index in [2.05, 4.69) is 27.4 Å². The Morgan fingerprint density at radius 3 is 2.95 bits per heavy atom. The molecule has 1 aliphatic carbocycles. The first-order valence-corrected chi connectivity index (χ1v) is 8.00. The van der Waals surface area contributed by atoms with Crippen LogP contribution in [-0.4, -0.2) is 23.1 Å². The van der Waals surface area contributed by atoms with Gasteiger partial charge < -0.3 is 10.1 Å². The maximum absolute atomic E-state index is 6.36. The highest BCUT2D eigenvalue weighted by molar-refractivity contribution is 6.33. The Hall–Kier alpha value is -1.81. The first kappa shape index (κ1) is 15.1. The summed E-state index contributed by atoms with van der Waals surface area (Å²) in [6, 6.07) is 6.66. The lowest BCUT2D eigenvalue weighted by atomic mass is 9.88. The van der Waals surface area contributed by atoms with E-state index in [9.17, 15) is 0 Å². The van der Waals surface area contributed by atoms with Gasteiger partial charge in [0.15, 0.2) is 0 Å². The molecule has 1 heterocycles. The third-order valence-corrected chi connectivity index (χ3v) is 4.58. The number of halogens is 1. The van der Waals surface area contributed by atoms with Crippen LogP contribution in [0.4, 0.5) is 5.82 Å². The fourth-order valence-corrected chi connectivity index (χ4v) is 3.21. The molecule has 1 aliphatic rings. The summed E-state index contributed by atoms with van der Waals surface area (Å²) < 4.78 is 5.29. The molecule has 0 bridgehead atoms. The summed E-state index contributed by atoms with van der Waals surface area (Å²) in [7, 11) is 1.71. The molecule has 0 fully saturated rings. The van der Waals surface area contributed by atoms with E-state index >= 15 is 0 Å². The van der Waals surface area contributed by atoms with Crippen LogP contribution in [-0.2, 0) is 19.3 Å². The summed E-state index contributed by atoms with van der Waals surface area (Å²) in [5, 5.41) is 4.12. The Bertz CT molecular complexity index is 675. The van der Waals surface area contributed by atoms with Crippen LogP contribution in [0.3, 0.4) is 0 Å². The van der Waals surface area contributed by atoms with Crippen molar-refractivity contribution >= 4 is 17.4 Å². The molecule has 0 radical (unpaired) electrons. The SMILES string of the molecule is CCc1ncnc(NC2CCc3cc(OC)ccc3C2)c1Cl. The highest BCUT2D eigenvalue weighted by Gasteiger charge is 2.20. The molecule has 22 heavy (non-hydrogen) atoms. The molecule has 2 aromatic rings. The van der Waals surface area contributed by atoms with Crippen molar-refractivity contribution in [1.29, 1.82) is 0 Å². The Balaban J connectivity index is 1.75. The predicted molar refractivity (Wildman–Crippen MR) is 88.8 cm³/mol. The number of nitrogens with zero attached hydrogens (tertiary/aromatic N) is 2. The smallest absolute Gasteiger partial charge is 0.148 e. The van der Waals surface area contributed by atoms with Gasteiger partial charge in [0.2, 0.25) is 0 Å². The van der Waals surface area contributed by atoms with Gasteiger partial charge in [-0.15, -0.1) is 0 Å². The molecule has 116 valence electrons. The molecule has 4 nitrogen and oxygen atoms in total. The van der Waals surface area contributed by atoms with Crippen LogP contribution in [0.5, 0.6) is 5.75 Å². The summed E-state index contributed by atoms with van der Waals surface area (Å²) in [6.07, 6.45) is 5.45. The van der Waals surface area contributed by atoms with Crippen molar-refractivity contribution in [3.8, 4) is 5.75 Å². The van der Waals surface area contributed by atoms with Gasteiger partial charge in [-0.1, -0.05) is 24.6 Å². The molecule has 0 saturated heterocycles. The number of ether oxygens (including phenoxy) is 1. The van der Waals surface area contributed by atoms with Crippen LogP contribution in [0.25, 0.3) is 0 Å². The average Bonchev–Trinajstić information content (AvgIpc) is 2.56. The fourth-order valence-electron chi connectivity index (χ4n) is 2.93. The van der Waals surface area contributed by atoms with E-state index in [1.54, 1.807) is 13.4 Å². The molecule has 0 saturated carbocycles. The van der Waals surface area contributed by atoms with Crippen molar-refractivity contribution in [3.05, 3.63) is 46.4 Å². The van der Waals surface area contributed by atoms with Gasteiger partial charge >= 0.3 is 0 Å². The van der Waals surface area contributed by atoms with E-state index in [0.717, 1.165) is 42.9 Å². The molecule has 1 aromatic heterocycles. The Kier molecular flexibility index (Phi) is 4.48. The fraction of sp³-hybridized carbons (Fsp3) is 0.412. The second kappa shape index (κ2) is 6.53. The molecule has 0 aliphatic heterocycles. The largest absolute Gasteiger partial charge is 0.497 e. The molecule has 0 spiro atoms. The van der Waals surface area contributed by atoms with Crippen molar-refractivity contribution in [3.63, 3.8) is 0 Å². The van der Waals surface area contributed by atoms with Gasteiger partial charge in [-0.25, -0.2) is 9.97 Å². The van der Waals surface area contributed by atoms with Crippen LogP contribution < -0.4 is 10.1 Å². The van der Waals surface area contributed by atoms with Gasteiger partial charge in [0.25, 0.3) is 0 Å². The minimum atomic E-state index is 0.345. The first-order chi connectivity index (χ1) is 10.7. The summed E-state index contributed by atoms with van der Waals surface area (Å²) in [4.78, 5) is 8.50. The quantitative estimate of drug-likeness (QED) is 0.934. The van der Waals surface area contributed by atoms with Crippen molar-refractivity contribution in [2.75, 3.05) is 12.4 Å². The maximum atomic E-state index is 6.36. The van der Waals surface area contributed by atoms with E-state index in [-0.39, 0.29) is 0 Å². The minimum Gasteiger partial charge on any atom is -0.497 e. The number of rotatable bonds is 4. The number of benzene rings is 1. The zero-order valence-electron chi connectivity index (χ0n) is 12.9. The maximum Gasteiger partial charge on any atom is 0.148 e. The normalized spacial score (nSPS) is 17.0. The number of fused-ring (bicyclic) bond motifs is 1. The molecule has 1 atom stereocenters. The van der Waals surface area contributed by atoms with Gasteiger partial charge in [0.05, 0.1) is 12.8 Å². The lowest BCUT2D eigenvalue weighted by Crippen LogP contribution is -2.28. The van der Waals surface area contributed by atoms with E-state index in [1.165, 1.54) is 11.1 Å². The third-order valence-electron chi connectivity index (χ3n) is 4.18. The van der Waals surface area contributed by atoms with Gasteiger partial charge in [0.1, 0.15) is 22.9 Å². The number of aromatic nitrogens is 2. The molecule has 1 aromatic carbocycles. The average molecular weight is 318 g/mol. The molecule has 3 rings (SSSR count). The van der Waals surface area contributed by atoms with E-state index in [4.69, 9.17) is 16.3 Å². The monoisotopic (exact) mass is 317 g/mol. The van der Waals surface area contributed by atoms with Crippen molar-refractivity contribution in [1.82, 2.24) is 9.97 Å². The molecule has 1 unspecified atom stereocenters. The van der Waals surface area contributed by atoms with E-state index < -0.39 is 0 Å². The van der Waals surface area contributed by atoms with Crippen LogP contribution in [0.1, 0.15) is 30.2 Å². The second-order valence-electron chi connectivity index (χ2n) is 5.56. The Morgan fingerprint density at radius 2 is 2.18 bits per heavy atom. The van der Waals surface area contributed by atoms with Crippen LogP contribution in [0, 0.1) is 0 Å². The topological polar surface area (TPSA) is 47.0 Å². The molecular formula is C17H20ClN3O. The highest BCUT2D eigenvalue weighted by Crippen LogP contribution is 2.29. The number of hydrogen-bond donors (Lipinski definition) is 1. The Morgan fingerprint density at radius 1 is 1.32 bits per heavy atom. The summed E-state index contributed by atoms with van der Waals surface area (Å²) in [6.45, 7) is 2.04. The van der Waals surface area contributed by atoms with Crippen molar-refractivity contribution in [2.45, 2.75) is 38.6 Å². The second-order valence-corrected chi connectivity index (χ2v) is 5.93. The molecule has 5 heteroatoms. The number of hydrogen-bond acceptors (Lipinski definition) is 4. The van der Waals surface area contributed by atoms with Gasteiger partial charge in [-0.3, -0.25) is 0 Å². The number of methoxy groups -OCH3 is 1. The lowest BCUT2D eigenvalue weighted by Gasteiger charge is -2.26. The standard InChI is InChI=1S/C17H20ClN3O/c1-3-15-16(18)17(20-10-19-15)21-13-6-4-12-9-14(22-2)7-5-11(12)8-13/h5,7,9-10,13H,3-4,6,8H2,1-2H3,(H,19,20,21). The third kappa shape index (κ3) is 3.02. The highest BCUT2D eigenvalue weighted by atomic mass is 35.5. The molecular weight excluding hydrogens is 298 g/mol. The van der Waals surface area contributed by atoms with E-state index in [0.29, 0.717) is 11.1 Å². The summed E-state index contributed by atoms with van der Waals surface area (Å²) in [5.41, 5.74) is 3.63. The Labute approximate surface area is 135 Å².